The lowest BCUT2D eigenvalue weighted by Crippen LogP contribution is -2.51. The van der Waals surface area contributed by atoms with Crippen LogP contribution < -0.4 is 5.32 Å². The summed E-state index contributed by atoms with van der Waals surface area (Å²) in [5.41, 5.74) is 3.58. The first-order valence-electron chi connectivity index (χ1n) is 10.7. The molecule has 0 saturated carbocycles. The van der Waals surface area contributed by atoms with Crippen molar-refractivity contribution in [3.63, 3.8) is 0 Å². The van der Waals surface area contributed by atoms with Crippen molar-refractivity contribution in [3.8, 4) is 11.1 Å². The number of benzene rings is 1. The van der Waals surface area contributed by atoms with Crippen LogP contribution in [0, 0.1) is 18.7 Å². The molecule has 0 radical (unpaired) electrons. The maximum absolute atomic E-state index is 13.8. The smallest absolute Gasteiger partial charge is 0.254 e. The molecule has 2 aromatic heterocycles. The summed E-state index contributed by atoms with van der Waals surface area (Å²) in [4.78, 5) is 19.8. The third-order valence-corrected chi connectivity index (χ3v) is 6.02. The van der Waals surface area contributed by atoms with Crippen molar-refractivity contribution >= 4 is 11.7 Å². The van der Waals surface area contributed by atoms with Crippen molar-refractivity contribution in [2.24, 2.45) is 13.0 Å². The monoisotopic (exact) mass is 421 g/mol. The van der Waals surface area contributed by atoms with E-state index in [2.05, 4.69) is 22.3 Å². The van der Waals surface area contributed by atoms with Crippen LogP contribution in [-0.2, 0) is 7.05 Å². The zero-order chi connectivity index (χ0) is 22.0. The SMILES string of the molecule is Cc1ccc(-c2cnn(C)c2)c(C(=O)N2CCC[C@@H](C)C2CNc2ccc(F)cn2)c1. The maximum Gasteiger partial charge on any atom is 0.254 e. The van der Waals surface area contributed by atoms with E-state index in [4.69, 9.17) is 0 Å². The van der Waals surface area contributed by atoms with Crippen LogP contribution in [0.15, 0.2) is 48.9 Å². The van der Waals surface area contributed by atoms with Gasteiger partial charge in [0.2, 0.25) is 0 Å². The number of halogens is 1. The van der Waals surface area contributed by atoms with E-state index in [0.29, 0.717) is 30.4 Å². The molecule has 0 aliphatic carbocycles. The number of aryl methyl sites for hydroxylation is 2. The van der Waals surface area contributed by atoms with Crippen LogP contribution in [0.1, 0.15) is 35.7 Å². The van der Waals surface area contributed by atoms with Crippen LogP contribution in [0.4, 0.5) is 10.2 Å². The molecule has 2 atom stereocenters. The van der Waals surface area contributed by atoms with E-state index in [0.717, 1.165) is 29.5 Å². The molecule has 3 aromatic rings. The highest BCUT2D eigenvalue weighted by Gasteiger charge is 2.33. The summed E-state index contributed by atoms with van der Waals surface area (Å²) in [6, 6.07) is 9.02. The summed E-state index contributed by atoms with van der Waals surface area (Å²) in [5.74, 6) is 0.624. The molecule has 1 aliphatic heterocycles. The summed E-state index contributed by atoms with van der Waals surface area (Å²) in [5, 5.41) is 7.56. The summed E-state index contributed by atoms with van der Waals surface area (Å²) in [6.45, 7) is 5.47. The zero-order valence-electron chi connectivity index (χ0n) is 18.2. The number of hydrogen-bond donors (Lipinski definition) is 1. The highest BCUT2D eigenvalue weighted by atomic mass is 19.1. The topological polar surface area (TPSA) is 63.1 Å². The number of aromatic nitrogens is 3. The van der Waals surface area contributed by atoms with Gasteiger partial charge in [0.05, 0.1) is 18.4 Å². The van der Waals surface area contributed by atoms with Crippen LogP contribution in [0.5, 0.6) is 0 Å². The second-order valence-electron chi connectivity index (χ2n) is 8.38. The van der Waals surface area contributed by atoms with Crippen LogP contribution in [0.2, 0.25) is 0 Å². The van der Waals surface area contributed by atoms with E-state index in [1.165, 1.54) is 12.3 Å². The summed E-state index contributed by atoms with van der Waals surface area (Å²) >= 11 is 0. The normalized spacial score (nSPS) is 18.8. The predicted molar refractivity (Wildman–Crippen MR) is 119 cm³/mol. The molecule has 1 amide bonds. The fourth-order valence-electron chi connectivity index (χ4n) is 4.30. The second-order valence-corrected chi connectivity index (χ2v) is 8.38. The van der Waals surface area contributed by atoms with Gasteiger partial charge in [-0.15, -0.1) is 0 Å². The highest BCUT2D eigenvalue weighted by Crippen LogP contribution is 2.30. The van der Waals surface area contributed by atoms with Crippen molar-refractivity contribution in [2.45, 2.75) is 32.7 Å². The van der Waals surface area contributed by atoms with E-state index in [-0.39, 0.29) is 17.8 Å². The first kappa shape index (κ1) is 21.0. The molecule has 4 rings (SSSR count). The third-order valence-electron chi connectivity index (χ3n) is 6.02. The minimum Gasteiger partial charge on any atom is -0.368 e. The standard InChI is InChI=1S/C24H28FN5O/c1-16-6-8-20(18-12-28-29(3)15-18)21(11-16)24(31)30-10-4-5-17(2)22(30)14-27-23-9-7-19(25)13-26-23/h6-9,11-13,15,17,22H,4-5,10,14H2,1-3H3,(H,26,27)/t17-,22?/m1/s1. The minimum atomic E-state index is -0.365. The van der Waals surface area contributed by atoms with E-state index < -0.39 is 0 Å². The molecule has 0 spiro atoms. The number of hydrogen-bond acceptors (Lipinski definition) is 4. The lowest BCUT2D eigenvalue weighted by Gasteiger charge is -2.40. The fraction of sp³-hybridized carbons (Fsp3) is 0.375. The number of pyridine rings is 1. The number of rotatable bonds is 5. The molecule has 1 aromatic carbocycles. The van der Waals surface area contributed by atoms with Gasteiger partial charge in [-0.2, -0.15) is 5.10 Å². The van der Waals surface area contributed by atoms with Gasteiger partial charge in [-0.1, -0.05) is 24.6 Å². The Hall–Kier alpha value is -3.22. The van der Waals surface area contributed by atoms with Gasteiger partial charge in [0.1, 0.15) is 11.6 Å². The molecule has 7 heteroatoms. The number of nitrogens with zero attached hydrogens (tertiary/aromatic N) is 4. The Bertz CT molecular complexity index is 1060. The number of nitrogens with one attached hydrogen (secondary N) is 1. The molecule has 6 nitrogen and oxygen atoms in total. The third kappa shape index (κ3) is 4.60. The van der Waals surface area contributed by atoms with Crippen molar-refractivity contribution < 1.29 is 9.18 Å². The Morgan fingerprint density at radius 3 is 2.81 bits per heavy atom. The van der Waals surface area contributed by atoms with Gasteiger partial charge in [-0.25, -0.2) is 9.37 Å². The number of carbonyl (C=O) groups is 1. The van der Waals surface area contributed by atoms with Crippen LogP contribution >= 0.6 is 0 Å². The molecule has 1 N–H and O–H groups in total. The van der Waals surface area contributed by atoms with Crippen LogP contribution in [0.25, 0.3) is 11.1 Å². The molecule has 31 heavy (non-hydrogen) atoms. The van der Waals surface area contributed by atoms with Gasteiger partial charge in [-0.3, -0.25) is 9.48 Å². The maximum atomic E-state index is 13.8. The number of carbonyl (C=O) groups excluding carboxylic acids is 1. The van der Waals surface area contributed by atoms with Gasteiger partial charge in [0.15, 0.2) is 0 Å². The molecule has 1 unspecified atom stereocenters. The van der Waals surface area contributed by atoms with Crippen LogP contribution in [-0.4, -0.2) is 44.7 Å². The average molecular weight is 422 g/mol. The Labute approximate surface area is 182 Å². The van der Waals surface area contributed by atoms with E-state index in [1.807, 2.05) is 43.3 Å². The van der Waals surface area contributed by atoms with Gasteiger partial charge in [-0.05, 0) is 49.4 Å². The van der Waals surface area contributed by atoms with Crippen molar-refractivity contribution in [1.29, 1.82) is 0 Å². The van der Waals surface area contributed by atoms with Gasteiger partial charge in [0, 0.05) is 37.5 Å². The Morgan fingerprint density at radius 1 is 1.26 bits per heavy atom. The quantitative estimate of drug-likeness (QED) is 0.668. The molecule has 1 fully saturated rings. The number of amides is 1. The highest BCUT2D eigenvalue weighted by molar-refractivity contribution is 6.01. The van der Waals surface area contributed by atoms with Crippen molar-refractivity contribution in [2.75, 3.05) is 18.4 Å². The lowest BCUT2D eigenvalue weighted by molar-refractivity contribution is 0.0540. The summed E-state index contributed by atoms with van der Waals surface area (Å²) < 4.78 is 14.9. The molecule has 1 saturated heterocycles. The Kier molecular flexibility index (Phi) is 6.02. The molecule has 1 aliphatic rings. The summed E-state index contributed by atoms with van der Waals surface area (Å²) in [7, 11) is 1.87. The molecule has 3 heterocycles. The lowest BCUT2D eigenvalue weighted by atomic mass is 9.89. The second kappa shape index (κ2) is 8.88. The Balaban J connectivity index is 1.61. The fourth-order valence-corrected chi connectivity index (χ4v) is 4.30. The number of anilines is 1. The molecule has 162 valence electrons. The first-order valence-corrected chi connectivity index (χ1v) is 10.7. The van der Waals surface area contributed by atoms with E-state index in [1.54, 1.807) is 16.9 Å². The largest absolute Gasteiger partial charge is 0.368 e. The molecule has 0 bridgehead atoms. The van der Waals surface area contributed by atoms with Gasteiger partial charge < -0.3 is 10.2 Å². The van der Waals surface area contributed by atoms with E-state index >= 15 is 0 Å². The number of likely N-dealkylation sites (tertiary alicyclic amines) is 1. The first-order chi connectivity index (χ1) is 14.9. The molecular weight excluding hydrogens is 393 g/mol. The van der Waals surface area contributed by atoms with E-state index in [9.17, 15) is 9.18 Å². The van der Waals surface area contributed by atoms with Crippen molar-refractivity contribution in [1.82, 2.24) is 19.7 Å². The van der Waals surface area contributed by atoms with Crippen molar-refractivity contribution in [3.05, 3.63) is 65.9 Å². The summed E-state index contributed by atoms with van der Waals surface area (Å²) in [6.07, 6.45) is 6.96. The molecular formula is C24H28FN5O. The Morgan fingerprint density at radius 2 is 2.10 bits per heavy atom. The zero-order valence-corrected chi connectivity index (χ0v) is 18.2. The van der Waals surface area contributed by atoms with Gasteiger partial charge in [0.25, 0.3) is 5.91 Å². The minimum absolute atomic E-state index is 0.0235. The van der Waals surface area contributed by atoms with Gasteiger partial charge >= 0.3 is 0 Å². The number of piperidine rings is 1. The average Bonchev–Trinajstić information content (AvgIpc) is 3.19. The van der Waals surface area contributed by atoms with Crippen LogP contribution in [0.3, 0.4) is 0 Å². The predicted octanol–water partition coefficient (Wildman–Crippen LogP) is 4.28.